The van der Waals surface area contributed by atoms with E-state index in [9.17, 15) is 0 Å². The van der Waals surface area contributed by atoms with Gasteiger partial charge < -0.3 is 13.9 Å². The summed E-state index contributed by atoms with van der Waals surface area (Å²) in [5.41, 5.74) is 17.8. The molecule has 13 rings (SSSR count). The Kier molecular flexibility index (Phi) is 9.17. The van der Waals surface area contributed by atoms with Gasteiger partial charge in [-0.1, -0.05) is 188 Å². The largest absolute Gasteiger partial charge is 0.456 e. The van der Waals surface area contributed by atoms with E-state index in [2.05, 4.69) is 252 Å². The number of benzene rings is 11. The van der Waals surface area contributed by atoms with Crippen LogP contribution in [0.15, 0.2) is 259 Å². The number of rotatable bonds is 8. The summed E-state index contributed by atoms with van der Waals surface area (Å²) < 4.78 is 8.70. The normalized spacial score (nSPS) is 11.6. The molecule has 0 amide bonds. The summed E-state index contributed by atoms with van der Waals surface area (Å²) in [6, 6.07) is 92.0. The summed E-state index contributed by atoms with van der Waals surface area (Å²) in [6.45, 7) is 0. The molecule has 3 heteroatoms. The van der Waals surface area contributed by atoms with Gasteiger partial charge in [0.1, 0.15) is 11.2 Å². The van der Waals surface area contributed by atoms with E-state index in [1.54, 1.807) is 0 Å². The van der Waals surface area contributed by atoms with Gasteiger partial charge in [-0.15, -0.1) is 0 Å². The summed E-state index contributed by atoms with van der Waals surface area (Å²) in [4.78, 5) is 2.46. The van der Waals surface area contributed by atoms with Crippen molar-refractivity contribution in [1.82, 2.24) is 4.57 Å². The van der Waals surface area contributed by atoms with E-state index in [0.717, 1.165) is 66.9 Å². The summed E-state index contributed by atoms with van der Waals surface area (Å²) in [5.74, 6) is 0. The third-order valence-electron chi connectivity index (χ3n) is 13.4. The smallest absolute Gasteiger partial charge is 0.135 e. The van der Waals surface area contributed by atoms with E-state index in [4.69, 9.17) is 4.42 Å². The van der Waals surface area contributed by atoms with Crippen LogP contribution in [0.25, 0.3) is 105 Å². The maximum atomic E-state index is 6.31. The fourth-order valence-corrected chi connectivity index (χ4v) is 10.4. The fourth-order valence-electron chi connectivity index (χ4n) is 10.4. The molecular weight excluding hydrogens is 813 g/mol. The van der Waals surface area contributed by atoms with Gasteiger partial charge in [0.2, 0.25) is 0 Å². The first-order valence-electron chi connectivity index (χ1n) is 22.9. The first kappa shape index (κ1) is 38.5. The van der Waals surface area contributed by atoms with Gasteiger partial charge in [0.25, 0.3) is 0 Å². The monoisotopic (exact) mass is 854 g/mol. The molecule has 0 radical (unpaired) electrons. The van der Waals surface area contributed by atoms with Crippen molar-refractivity contribution in [3.8, 4) is 50.2 Å². The van der Waals surface area contributed by atoms with Crippen molar-refractivity contribution >= 4 is 71.6 Å². The number of nitrogens with zero attached hydrogens (tertiary/aromatic N) is 2. The molecular formula is C64H42N2O. The van der Waals surface area contributed by atoms with E-state index in [-0.39, 0.29) is 0 Å². The number of hydrogen-bond acceptors (Lipinski definition) is 2. The maximum absolute atomic E-state index is 6.31. The molecule has 0 fully saturated rings. The van der Waals surface area contributed by atoms with Crippen molar-refractivity contribution in [2.45, 2.75) is 0 Å². The van der Waals surface area contributed by atoms with Crippen molar-refractivity contribution < 1.29 is 4.42 Å². The Bertz CT molecular complexity index is 3970. The average molecular weight is 855 g/mol. The van der Waals surface area contributed by atoms with Gasteiger partial charge in [-0.05, 0) is 111 Å². The number of furan rings is 1. The van der Waals surface area contributed by atoms with Crippen molar-refractivity contribution in [1.29, 1.82) is 0 Å². The number of para-hydroxylation sites is 5. The van der Waals surface area contributed by atoms with Crippen molar-refractivity contribution in [2.24, 2.45) is 0 Å². The minimum atomic E-state index is 0.882. The van der Waals surface area contributed by atoms with Crippen LogP contribution in [0.1, 0.15) is 0 Å². The lowest BCUT2D eigenvalue weighted by molar-refractivity contribution is 0.669. The van der Waals surface area contributed by atoms with Crippen molar-refractivity contribution in [3.05, 3.63) is 255 Å². The summed E-state index contributed by atoms with van der Waals surface area (Å²) in [6.07, 6.45) is 0. The predicted octanol–water partition coefficient (Wildman–Crippen LogP) is 18.0. The molecule has 0 atom stereocenters. The van der Waals surface area contributed by atoms with Crippen LogP contribution in [0.2, 0.25) is 0 Å². The van der Waals surface area contributed by atoms with Gasteiger partial charge in [-0.3, -0.25) is 0 Å². The Morgan fingerprint density at radius 2 is 0.851 bits per heavy atom. The lowest BCUT2D eigenvalue weighted by Crippen LogP contribution is -2.12. The zero-order valence-electron chi connectivity index (χ0n) is 36.6. The molecule has 0 bridgehead atoms. The van der Waals surface area contributed by atoms with E-state index in [1.807, 2.05) is 12.1 Å². The van der Waals surface area contributed by atoms with Crippen molar-refractivity contribution in [3.63, 3.8) is 0 Å². The standard InChI is InChI=1S/C64H42N2O/c1-3-18-43(19-4-1)50-28-15-20-45-21-16-30-54(63(45)50)52-25-8-12-32-58(52)65(57-31-11-7-24-49(57)46-38-41-62-56(42-46)53-26-10-14-35-61(53)67-62)48-39-36-44(37-40-48)51-29-17-34-60-64(51)55-27-9-13-33-59(55)66(60)47-22-5-2-6-23-47/h1-42H. The zero-order valence-corrected chi connectivity index (χ0v) is 36.6. The second-order valence-corrected chi connectivity index (χ2v) is 17.2. The van der Waals surface area contributed by atoms with Crippen LogP contribution >= 0.6 is 0 Å². The number of anilines is 3. The predicted molar refractivity (Wildman–Crippen MR) is 282 cm³/mol. The Hall–Kier alpha value is -8.92. The maximum Gasteiger partial charge on any atom is 0.135 e. The van der Waals surface area contributed by atoms with E-state index in [1.165, 1.54) is 54.8 Å². The molecule has 67 heavy (non-hydrogen) atoms. The van der Waals surface area contributed by atoms with Crippen LogP contribution in [0.4, 0.5) is 17.1 Å². The molecule has 0 aliphatic rings. The Labute approximate surface area is 388 Å². The summed E-state index contributed by atoms with van der Waals surface area (Å²) in [5, 5.41) is 7.13. The Balaban J connectivity index is 1.03. The van der Waals surface area contributed by atoms with E-state index in [0.29, 0.717) is 0 Å². The molecule has 2 heterocycles. The molecule has 2 aromatic heterocycles. The highest BCUT2D eigenvalue weighted by molar-refractivity contribution is 6.16. The highest BCUT2D eigenvalue weighted by Gasteiger charge is 2.23. The van der Waals surface area contributed by atoms with Crippen LogP contribution in [0.3, 0.4) is 0 Å². The van der Waals surface area contributed by atoms with Gasteiger partial charge in [-0.2, -0.15) is 0 Å². The molecule has 0 unspecified atom stereocenters. The first-order chi connectivity index (χ1) is 33.3. The third kappa shape index (κ3) is 6.43. The molecule has 0 N–H and O–H groups in total. The van der Waals surface area contributed by atoms with Crippen LogP contribution < -0.4 is 4.90 Å². The van der Waals surface area contributed by atoms with Gasteiger partial charge in [0, 0.05) is 44.0 Å². The SMILES string of the molecule is c1ccc(-c2cccc3cccc(-c4ccccc4N(c4ccc(-c5cccc6c5c5ccccc5n6-c5ccccc5)cc4)c4ccccc4-c4ccc5oc6ccccc6c5c4)c23)cc1. The zero-order chi connectivity index (χ0) is 44.3. The van der Waals surface area contributed by atoms with Gasteiger partial charge >= 0.3 is 0 Å². The molecule has 0 spiro atoms. The molecule has 0 aliphatic heterocycles. The molecule has 3 nitrogen and oxygen atoms in total. The average Bonchev–Trinajstić information content (AvgIpc) is 3.95. The molecule has 0 aliphatic carbocycles. The van der Waals surface area contributed by atoms with Crippen LogP contribution in [-0.4, -0.2) is 4.57 Å². The summed E-state index contributed by atoms with van der Waals surface area (Å²) >= 11 is 0. The third-order valence-corrected chi connectivity index (χ3v) is 13.4. The highest BCUT2D eigenvalue weighted by atomic mass is 16.3. The summed E-state index contributed by atoms with van der Waals surface area (Å²) in [7, 11) is 0. The van der Waals surface area contributed by atoms with Gasteiger partial charge in [0.05, 0.1) is 22.4 Å². The van der Waals surface area contributed by atoms with Crippen LogP contribution in [0.5, 0.6) is 0 Å². The number of aromatic nitrogens is 1. The number of hydrogen-bond donors (Lipinski definition) is 0. The molecule has 0 saturated carbocycles. The molecule has 314 valence electrons. The lowest BCUT2D eigenvalue weighted by atomic mass is 9.90. The minimum absolute atomic E-state index is 0.882. The Morgan fingerprint density at radius 3 is 1.64 bits per heavy atom. The highest BCUT2D eigenvalue weighted by Crippen LogP contribution is 2.48. The molecule has 11 aromatic carbocycles. The first-order valence-corrected chi connectivity index (χ1v) is 22.9. The molecule has 13 aromatic rings. The minimum Gasteiger partial charge on any atom is -0.456 e. The van der Waals surface area contributed by atoms with Gasteiger partial charge in [-0.25, -0.2) is 0 Å². The fraction of sp³-hybridized carbons (Fsp3) is 0. The second kappa shape index (κ2) is 16.0. The quantitative estimate of drug-likeness (QED) is 0.152. The van der Waals surface area contributed by atoms with Crippen LogP contribution in [0, 0.1) is 0 Å². The molecule has 0 saturated heterocycles. The van der Waals surface area contributed by atoms with E-state index >= 15 is 0 Å². The van der Waals surface area contributed by atoms with Crippen molar-refractivity contribution in [2.75, 3.05) is 4.90 Å². The van der Waals surface area contributed by atoms with Gasteiger partial charge in [0.15, 0.2) is 0 Å². The van der Waals surface area contributed by atoms with Crippen LogP contribution in [-0.2, 0) is 0 Å². The topological polar surface area (TPSA) is 21.3 Å². The lowest BCUT2D eigenvalue weighted by Gasteiger charge is -2.30. The van der Waals surface area contributed by atoms with E-state index < -0.39 is 0 Å². The second-order valence-electron chi connectivity index (χ2n) is 17.2. The number of fused-ring (bicyclic) bond motifs is 7. The Morgan fingerprint density at radius 1 is 0.313 bits per heavy atom.